The molecule has 128 valence electrons. The van der Waals surface area contributed by atoms with Crippen molar-refractivity contribution >= 4 is 17.2 Å². The van der Waals surface area contributed by atoms with Crippen LogP contribution in [-0.2, 0) is 11.2 Å². The van der Waals surface area contributed by atoms with E-state index in [-0.39, 0.29) is 12.0 Å². The molecule has 3 atom stereocenters. The maximum atomic E-state index is 12.6. The van der Waals surface area contributed by atoms with E-state index in [0.717, 1.165) is 43.2 Å². The molecule has 0 aliphatic carbocycles. The summed E-state index contributed by atoms with van der Waals surface area (Å²) in [5.41, 5.74) is 1.73. The van der Waals surface area contributed by atoms with Crippen LogP contribution in [0.4, 0.5) is 0 Å². The molecule has 4 rings (SSSR count). The third-order valence-electron chi connectivity index (χ3n) is 5.06. The molecular formula is C17H21N3O3S. The summed E-state index contributed by atoms with van der Waals surface area (Å²) in [5, 5.41) is 3.23. The van der Waals surface area contributed by atoms with Gasteiger partial charge in [0.2, 0.25) is 5.76 Å². The van der Waals surface area contributed by atoms with Gasteiger partial charge in [0.25, 0.3) is 5.91 Å². The number of aromatic nitrogens is 2. The highest BCUT2D eigenvalue weighted by Crippen LogP contribution is 2.36. The number of piperidine rings is 1. The average Bonchev–Trinajstić information content (AvgIpc) is 3.28. The van der Waals surface area contributed by atoms with E-state index in [1.54, 1.807) is 18.3 Å². The summed E-state index contributed by atoms with van der Waals surface area (Å²) in [6, 6.07) is 0. The van der Waals surface area contributed by atoms with E-state index in [1.165, 1.54) is 6.39 Å². The highest BCUT2D eigenvalue weighted by atomic mass is 32.1. The fraction of sp³-hybridized carbons (Fsp3) is 0.588. The Morgan fingerprint density at radius 3 is 3.04 bits per heavy atom. The Hall–Kier alpha value is -1.73. The first-order chi connectivity index (χ1) is 11.6. The Kier molecular flexibility index (Phi) is 4.14. The Morgan fingerprint density at radius 1 is 1.46 bits per heavy atom. The van der Waals surface area contributed by atoms with Gasteiger partial charge in [0.05, 0.1) is 23.4 Å². The van der Waals surface area contributed by atoms with Crippen LogP contribution >= 0.6 is 11.3 Å². The van der Waals surface area contributed by atoms with Crippen molar-refractivity contribution in [2.24, 2.45) is 11.8 Å². The van der Waals surface area contributed by atoms with E-state index >= 15 is 0 Å². The van der Waals surface area contributed by atoms with Crippen LogP contribution in [0.25, 0.3) is 0 Å². The van der Waals surface area contributed by atoms with E-state index in [0.29, 0.717) is 23.3 Å². The molecular weight excluding hydrogens is 326 g/mol. The molecule has 2 aromatic rings. The van der Waals surface area contributed by atoms with Crippen molar-refractivity contribution in [1.82, 2.24) is 14.9 Å². The number of oxazole rings is 1. The number of aryl methyl sites for hydroxylation is 2. The monoisotopic (exact) mass is 347 g/mol. The maximum absolute atomic E-state index is 12.6. The smallest absolute Gasteiger partial charge is 0.291 e. The molecule has 0 unspecified atom stereocenters. The second kappa shape index (κ2) is 6.29. The normalized spacial score (nSPS) is 26.6. The third kappa shape index (κ3) is 2.86. The molecule has 2 fully saturated rings. The van der Waals surface area contributed by atoms with Gasteiger partial charge in [-0.1, -0.05) is 0 Å². The van der Waals surface area contributed by atoms with Gasteiger partial charge in [0, 0.05) is 36.5 Å². The lowest BCUT2D eigenvalue weighted by Gasteiger charge is -2.35. The van der Waals surface area contributed by atoms with Gasteiger partial charge in [0.1, 0.15) is 0 Å². The summed E-state index contributed by atoms with van der Waals surface area (Å²) in [5.74, 6) is 1.22. The Morgan fingerprint density at radius 2 is 2.33 bits per heavy atom. The van der Waals surface area contributed by atoms with Crippen molar-refractivity contribution in [3.63, 3.8) is 0 Å². The molecule has 0 spiro atoms. The minimum Gasteiger partial charge on any atom is -0.438 e. The predicted molar refractivity (Wildman–Crippen MR) is 89.0 cm³/mol. The number of hydrogen-bond acceptors (Lipinski definition) is 6. The van der Waals surface area contributed by atoms with Crippen LogP contribution in [0.3, 0.4) is 0 Å². The second-order valence-corrected chi connectivity index (χ2v) is 7.63. The molecule has 2 aromatic heterocycles. The first-order valence-corrected chi connectivity index (χ1v) is 9.21. The van der Waals surface area contributed by atoms with Crippen molar-refractivity contribution in [1.29, 1.82) is 0 Å². The van der Waals surface area contributed by atoms with E-state index in [4.69, 9.17) is 9.15 Å². The van der Waals surface area contributed by atoms with Crippen LogP contribution < -0.4 is 0 Å². The highest BCUT2D eigenvalue weighted by Gasteiger charge is 2.42. The van der Waals surface area contributed by atoms with E-state index in [2.05, 4.69) is 15.3 Å². The number of rotatable bonds is 3. The van der Waals surface area contributed by atoms with Gasteiger partial charge in [-0.2, -0.15) is 0 Å². The maximum Gasteiger partial charge on any atom is 0.291 e. The van der Waals surface area contributed by atoms with Gasteiger partial charge in [-0.15, -0.1) is 11.3 Å². The predicted octanol–water partition coefficient (Wildman–Crippen LogP) is 2.47. The van der Waals surface area contributed by atoms with Crippen molar-refractivity contribution in [2.45, 2.75) is 32.8 Å². The first kappa shape index (κ1) is 15.8. The zero-order chi connectivity index (χ0) is 16.7. The number of carbonyl (C=O) groups excluding carboxylic acids is 1. The SMILES string of the molecule is Cc1csc(C[C@@H]2OC[C@@H]3CN(C(=O)c4ocnc4C)CC[C@@H]32)n1. The Bertz CT molecular complexity index is 741. The van der Waals surface area contributed by atoms with Crippen molar-refractivity contribution in [3.8, 4) is 0 Å². The molecule has 7 heteroatoms. The Labute approximate surface area is 144 Å². The summed E-state index contributed by atoms with van der Waals surface area (Å²) in [7, 11) is 0. The molecule has 2 aliphatic heterocycles. The number of amides is 1. The zero-order valence-corrected chi connectivity index (χ0v) is 14.7. The molecule has 0 aromatic carbocycles. The van der Waals surface area contributed by atoms with Crippen LogP contribution in [0.15, 0.2) is 16.2 Å². The summed E-state index contributed by atoms with van der Waals surface area (Å²) in [6.45, 7) is 6.02. The van der Waals surface area contributed by atoms with E-state index in [1.807, 2.05) is 11.8 Å². The molecule has 24 heavy (non-hydrogen) atoms. The van der Waals surface area contributed by atoms with Crippen LogP contribution in [0, 0.1) is 25.7 Å². The zero-order valence-electron chi connectivity index (χ0n) is 13.9. The van der Waals surface area contributed by atoms with Gasteiger partial charge in [-0.3, -0.25) is 4.79 Å². The van der Waals surface area contributed by atoms with Crippen molar-refractivity contribution in [3.05, 3.63) is 33.9 Å². The summed E-state index contributed by atoms with van der Waals surface area (Å²) in [6.07, 6.45) is 3.41. The fourth-order valence-corrected chi connectivity index (χ4v) is 4.62. The summed E-state index contributed by atoms with van der Waals surface area (Å²) in [4.78, 5) is 23.0. The lowest BCUT2D eigenvalue weighted by atomic mass is 9.83. The van der Waals surface area contributed by atoms with E-state index in [9.17, 15) is 4.79 Å². The molecule has 0 N–H and O–H groups in total. The molecule has 0 saturated carbocycles. The molecule has 0 bridgehead atoms. The summed E-state index contributed by atoms with van der Waals surface area (Å²) >= 11 is 1.71. The quantitative estimate of drug-likeness (QED) is 0.853. The first-order valence-electron chi connectivity index (χ1n) is 8.34. The van der Waals surface area contributed by atoms with Crippen molar-refractivity contribution in [2.75, 3.05) is 19.7 Å². The minimum absolute atomic E-state index is 0.0533. The number of thiazole rings is 1. The number of carbonyl (C=O) groups is 1. The third-order valence-corrected chi connectivity index (χ3v) is 6.05. The number of hydrogen-bond donors (Lipinski definition) is 0. The van der Waals surface area contributed by atoms with Gasteiger partial charge >= 0.3 is 0 Å². The molecule has 0 radical (unpaired) electrons. The number of likely N-dealkylation sites (tertiary alicyclic amines) is 1. The standard InChI is InChI=1S/C17H21N3O3S/c1-10-8-24-15(19-10)5-14-13-3-4-20(6-12(13)7-22-14)17(21)16-11(2)18-9-23-16/h8-9,12-14H,3-7H2,1-2H3/t12-,13-,14-/m0/s1. The Balaban J connectivity index is 1.40. The fourth-order valence-electron chi connectivity index (χ4n) is 3.80. The van der Waals surface area contributed by atoms with Gasteiger partial charge in [-0.05, 0) is 26.2 Å². The van der Waals surface area contributed by atoms with Crippen molar-refractivity contribution < 1.29 is 13.9 Å². The molecule has 4 heterocycles. The van der Waals surface area contributed by atoms with Crippen LogP contribution in [0.5, 0.6) is 0 Å². The highest BCUT2D eigenvalue weighted by molar-refractivity contribution is 7.09. The van der Waals surface area contributed by atoms with Crippen LogP contribution in [-0.4, -0.2) is 46.6 Å². The molecule has 1 amide bonds. The van der Waals surface area contributed by atoms with E-state index < -0.39 is 0 Å². The van der Waals surface area contributed by atoms with Gasteiger partial charge in [-0.25, -0.2) is 9.97 Å². The number of fused-ring (bicyclic) bond motifs is 1. The number of nitrogens with zero attached hydrogens (tertiary/aromatic N) is 3. The molecule has 2 aliphatic rings. The summed E-state index contributed by atoms with van der Waals surface area (Å²) < 4.78 is 11.3. The molecule has 6 nitrogen and oxygen atoms in total. The second-order valence-electron chi connectivity index (χ2n) is 6.69. The topological polar surface area (TPSA) is 68.5 Å². The minimum atomic E-state index is -0.0533. The van der Waals surface area contributed by atoms with Crippen LogP contribution in [0.2, 0.25) is 0 Å². The van der Waals surface area contributed by atoms with Gasteiger partial charge < -0.3 is 14.1 Å². The number of ether oxygens (including phenoxy) is 1. The lowest BCUT2D eigenvalue weighted by Crippen LogP contribution is -2.44. The average molecular weight is 347 g/mol. The molecule has 2 saturated heterocycles. The van der Waals surface area contributed by atoms with Crippen LogP contribution in [0.1, 0.15) is 33.4 Å². The lowest BCUT2D eigenvalue weighted by molar-refractivity contribution is 0.0581. The largest absolute Gasteiger partial charge is 0.438 e. The van der Waals surface area contributed by atoms with Gasteiger partial charge in [0.15, 0.2) is 6.39 Å².